The van der Waals surface area contributed by atoms with Crippen molar-refractivity contribution in [3.63, 3.8) is 0 Å². The molecule has 3 aromatic heterocycles. The predicted molar refractivity (Wildman–Crippen MR) is 115 cm³/mol. The summed E-state index contributed by atoms with van der Waals surface area (Å²) in [5.74, 6) is 1.48. The number of rotatable bonds is 8. The first-order chi connectivity index (χ1) is 14.7. The van der Waals surface area contributed by atoms with Crippen LogP contribution in [0.15, 0.2) is 78.5 Å². The first-order valence-corrected chi connectivity index (χ1v) is 10.4. The van der Waals surface area contributed by atoms with Crippen LogP contribution >= 0.6 is 11.8 Å². The summed E-state index contributed by atoms with van der Waals surface area (Å²) in [5.41, 5.74) is 1.55. The number of pyridine rings is 1. The van der Waals surface area contributed by atoms with Gasteiger partial charge in [-0.3, -0.25) is 14.5 Å². The number of hydrogen-bond donors (Lipinski definition) is 1. The summed E-state index contributed by atoms with van der Waals surface area (Å²) in [7, 11) is 0. The Morgan fingerprint density at radius 3 is 2.60 bits per heavy atom. The minimum absolute atomic E-state index is 0.130. The largest absolute Gasteiger partial charge is 0.494 e. The molecule has 0 radical (unpaired) electrons. The standard InChI is InChI=1S/C21H20N6O2S/c1-2-29-18-9-7-17(8-10-18)23-19(28)15-30-21-25-24-20(16-6-5-11-22-14-16)27(21)26-12-3-4-13-26/h3-14H,2,15H2,1H3,(H,23,28). The smallest absolute Gasteiger partial charge is 0.234 e. The van der Waals surface area contributed by atoms with Crippen molar-refractivity contribution in [1.82, 2.24) is 24.5 Å². The molecule has 0 bridgehead atoms. The molecule has 0 aliphatic carbocycles. The van der Waals surface area contributed by atoms with E-state index in [1.807, 2.05) is 77.2 Å². The fourth-order valence-corrected chi connectivity index (χ4v) is 3.56. The van der Waals surface area contributed by atoms with Gasteiger partial charge in [0.25, 0.3) is 0 Å². The molecule has 0 atom stereocenters. The summed E-state index contributed by atoms with van der Waals surface area (Å²) in [6.45, 7) is 2.53. The van der Waals surface area contributed by atoms with Gasteiger partial charge in [-0.05, 0) is 55.5 Å². The average Bonchev–Trinajstić information content (AvgIpc) is 3.44. The number of anilines is 1. The third kappa shape index (κ3) is 4.52. The van der Waals surface area contributed by atoms with E-state index in [1.165, 1.54) is 11.8 Å². The normalized spacial score (nSPS) is 10.7. The Hall–Kier alpha value is -3.59. The number of thioether (sulfide) groups is 1. The summed E-state index contributed by atoms with van der Waals surface area (Å²) in [4.78, 5) is 16.6. The maximum absolute atomic E-state index is 12.4. The summed E-state index contributed by atoms with van der Waals surface area (Å²) < 4.78 is 9.14. The SMILES string of the molecule is CCOc1ccc(NC(=O)CSc2nnc(-c3cccnc3)n2-n2cccc2)cc1. The Bertz CT molecular complexity index is 1090. The van der Waals surface area contributed by atoms with Crippen LogP contribution in [0.25, 0.3) is 11.4 Å². The van der Waals surface area contributed by atoms with Crippen LogP contribution in [0, 0.1) is 0 Å². The topological polar surface area (TPSA) is 86.9 Å². The van der Waals surface area contributed by atoms with Gasteiger partial charge in [0.05, 0.1) is 12.4 Å². The number of aromatic nitrogens is 5. The molecule has 0 saturated heterocycles. The molecule has 0 saturated carbocycles. The van der Waals surface area contributed by atoms with Crippen molar-refractivity contribution < 1.29 is 9.53 Å². The lowest BCUT2D eigenvalue weighted by atomic mass is 10.3. The highest BCUT2D eigenvalue weighted by Crippen LogP contribution is 2.24. The van der Waals surface area contributed by atoms with Crippen molar-refractivity contribution in [2.75, 3.05) is 17.7 Å². The van der Waals surface area contributed by atoms with Gasteiger partial charge in [-0.2, -0.15) is 0 Å². The second-order valence-electron chi connectivity index (χ2n) is 6.22. The van der Waals surface area contributed by atoms with E-state index in [2.05, 4.69) is 20.5 Å². The maximum atomic E-state index is 12.4. The second-order valence-corrected chi connectivity index (χ2v) is 7.16. The first kappa shape index (κ1) is 19.7. The molecule has 30 heavy (non-hydrogen) atoms. The highest BCUT2D eigenvalue weighted by Gasteiger charge is 2.17. The minimum Gasteiger partial charge on any atom is -0.494 e. The molecule has 0 unspecified atom stereocenters. The molecule has 4 rings (SSSR count). The Labute approximate surface area is 177 Å². The van der Waals surface area contributed by atoms with E-state index in [4.69, 9.17) is 4.74 Å². The van der Waals surface area contributed by atoms with Gasteiger partial charge in [-0.15, -0.1) is 10.2 Å². The molecule has 1 N–H and O–H groups in total. The van der Waals surface area contributed by atoms with Gasteiger partial charge in [0, 0.05) is 36.0 Å². The number of hydrogen-bond acceptors (Lipinski definition) is 6. The van der Waals surface area contributed by atoms with E-state index >= 15 is 0 Å². The molecule has 152 valence electrons. The quantitative estimate of drug-likeness (QED) is 0.439. The summed E-state index contributed by atoms with van der Waals surface area (Å²) >= 11 is 1.31. The second kappa shape index (κ2) is 9.27. The number of carbonyl (C=O) groups is 1. The van der Waals surface area contributed by atoms with Crippen LogP contribution in [-0.4, -0.2) is 42.8 Å². The molecule has 0 spiro atoms. The van der Waals surface area contributed by atoms with E-state index in [1.54, 1.807) is 12.4 Å². The number of nitrogens with one attached hydrogen (secondary N) is 1. The predicted octanol–water partition coefficient (Wildman–Crippen LogP) is 3.58. The van der Waals surface area contributed by atoms with E-state index in [9.17, 15) is 4.79 Å². The number of carbonyl (C=O) groups excluding carboxylic acids is 1. The molecule has 1 amide bonds. The lowest BCUT2D eigenvalue weighted by molar-refractivity contribution is -0.113. The van der Waals surface area contributed by atoms with E-state index < -0.39 is 0 Å². The monoisotopic (exact) mass is 420 g/mol. The van der Waals surface area contributed by atoms with Crippen LogP contribution in [-0.2, 0) is 4.79 Å². The Balaban J connectivity index is 1.48. The Morgan fingerprint density at radius 1 is 1.10 bits per heavy atom. The molecule has 9 heteroatoms. The van der Waals surface area contributed by atoms with Crippen molar-refractivity contribution in [3.8, 4) is 17.1 Å². The summed E-state index contributed by atoms with van der Waals surface area (Å²) in [6, 6.07) is 14.9. The Kier molecular flexibility index (Phi) is 6.09. The zero-order valence-corrected chi connectivity index (χ0v) is 17.1. The van der Waals surface area contributed by atoms with Crippen LogP contribution in [0.5, 0.6) is 5.75 Å². The maximum Gasteiger partial charge on any atom is 0.234 e. The fourth-order valence-electron chi connectivity index (χ4n) is 2.83. The Morgan fingerprint density at radius 2 is 1.90 bits per heavy atom. The van der Waals surface area contributed by atoms with E-state index in [0.29, 0.717) is 23.3 Å². The highest BCUT2D eigenvalue weighted by atomic mass is 32.2. The fraction of sp³-hybridized carbons (Fsp3) is 0.143. The lowest BCUT2D eigenvalue weighted by Gasteiger charge is -2.11. The van der Waals surface area contributed by atoms with Crippen LogP contribution < -0.4 is 10.1 Å². The van der Waals surface area contributed by atoms with E-state index in [0.717, 1.165) is 11.3 Å². The van der Waals surface area contributed by atoms with Crippen LogP contribution in [0.2, 0.25) is 0 Å². The molecular weight excluding hydrogens is 400 g/mol. The number of ether oxygens (including phenoxy) is 1. The van der Waals surface area contributed by atoms with Crippen LogP contribution in [0.1, 0.15) is 6.92 Å². The number of amides is 1. The molecule has 3 heterocycles. The molecule has 0 fully saturated rings. The van der Waals surface area contributed by atoms with E-state index in [-0.39, 0.29) is 11.7 Å². The third-order valence-corrected chi connectivity index (χ3v) is 5.05. The van der Waals surface area contributed by atoms with Gasteiger partial charge in [0.2, 0.25) is 11.1 Å². The van der Waals surface area contributed by atoms with Crippen LogP contribution in [0.3, 0.4) is 0 Å². The average molecular weight is 420 g/mol. The first-order valence-electron chi connectivity index (χ1n) is 9.39. The molecule has 4 aromatic rings. The molecule has 0 aliphatic heterocycles. The molecule has 0 aliphatic rings. The van der Waals surface area contributed by atoms with Crippen LogP contribution in [0.4, 0.5) is 5.69 Å². The minimum atomic E-state index is -0.130. The van der Waals surface area contributed by atoms with Crippen molar-refractivity contribution >= 4 is 23.4 Å². The zero-order chi connectivity index (χ0) is 20.8. The van der Waals surface area contributed by atoms with Gasteiger partial charge in [0.15, 0.2) is 5.82 Å². The highest BCUT2D eigenvalue weighted by molar-refractivity contribution is 7.99. The van der Waals surface area contributed by atoms with Crippen molar-refractivity contribution in [1.29, 1.82) is 0 Å². The summed E-state index contributed by atoms with van der Waals surface area (Å²) in [6.07, 6.45) is 7.23. The van der Waals surface area contributed by atoms with Crippen molar-refractivity contribution in [2.45, 2.75) is 12.1 Å². The zero-order valence-electron chi connectivity index (χ0n) is 16.3. The molecular formula is C21H20N6O2S. The van der Waals surface area contributed by atoms with Gasteiger partial charge >= 0.3 is 0 Å². The van der Waals surface area contributed by atoms with Gasteiger partial charge in [0.1, 0.15) is 5.75 Å². The van der Waals surface area contributed by atoms with Gasteiger partial charge < -0.3 is 10.1 Å². The number of benzene rings is 1. The molecule has 1 aromatic carbocycles. The van der Waals surface area contributed by atoms with Gasteiger partial charge in [-0.1, -0.05) is 11.8 Å². The summed E-state index contributed by atoms with van der Waals surface area (Å²) in [5, 5.41) is 12.1. The lowest BCUT2D eigenvalue weighted by Crippen LogP contribution is -2.15. The van der Waals surface area contributed by atoms with Gasteiger partial charge in [-0.25, -0.2) is 4.68 Å². The third-order valence-electron chi connectivity index (χ3n) is 4.13. The van der Waals surface area contributed by atoms with Crippen molar-refractivity contribution in [2.24, 2.45) is 0 Å². The van der Waals surface area contributed by atoms with Crippen molar-refractivity contribution in [3.05, 3.63) is 73.3 Å². The molecule has 8 nitrogen and oxygen atoms in total. The number of nitrogens with zero attached hydrogens (tertiary/aromatic N) is 5.